The molecule has 0 heterocycles. The Morgan fingerprint density at radius 1 is 0.808 bits per heavy atom. The van der Waals surface area contributed by atoms with Crippen LogP contribution in [0.2, 0.25) is 19.6 Å². The second kappa shape index (κ2) is 10.2. The smallest absolute Gasteiger partial charge is 0.292 e. The van der Waals surface area contributed by atoms with Gasteiger partial charge in [-0.3, -0.25) is 9.59 Å². The number of rotatable bonds is 11. The second-order valence-electron chi connectivity index (χ2n) is 6.60. The summed E-state index contributed by atoms with van der Waals surface area (Å²) in [6, 6.07) is 3.30. The maximum Gasteiger partial charge on any atom is 0.292 e. The van der Waals surface area contributed by atoms with Crippen molar-refractivity contribution in [3.8, 4) is 17.2 Å². The van der Waals surface area contributed by atoms with Crippen LogP contribution in [0.4, 0.5) is 0 Å². The molecule has 0 N–H and O–H groups in total. The minimum atomic E-state index is -1.95. The van der Waals surface area contributed by atoms with Crippen LogP contribution in [0.1, 0.15) is 44.0 Å². The molecule has 0 aromatic heterocycles. The van der Waals surface area contributed by atoms with Crippen LogP contribution in [0.3, 0.4) is 0 Å². The van der Waals surface area contributed by atoms with Crippen molar-refractivity contribution in [2.45, 2.75) is 53.3 Å². The van der Waals surface area contributed by atoms with Crippen molar-refractivity contribution >= 4 is 20.1 Å². The second-order valence-corrected chi connectivity index (χ2v) is 11.0. The summed E-state index contributed by atoms with van der Waals surface area (Å²) in [7, 11) is -1.95. The fourth-order valence-corrected chi connectivity index (χ4v) is 3.10. The van der Waals surface area contributed by atoms with Gasteiger partial charge in [-0.25, -0.2) is 0 Å². The van der Waals surface area contributed by atoms with Crippen LogP contribution in [0.25, 0.3) is 0 Å². The van der Waals surface area contributed by atoms with E-state index in [4.69, 9.17) is 18.6 Å². The van der Waals surface area contributed by atoms with Gasteiger partial charge in [-0.2, -0.15) is 0 Å². The Hall–Kier alpha value is -2.02. The van der Waals surface area contributed by atoms with Crippen LogP contribution in [0, 0.1) is 0 Å². The number of ketones is 1. The third-order valence-corrected chi connectivity index (χ3v) is 4.06. The van der Waals surface area contributed by atoms with Gasteiger partial charge in [0.2, 0.25) is 8.32 Å². The van der Waals surface area contributed by atoms with Crippen LogP contribution < -0.4 is 14.2 Å². The predicted molar refractivity (Wildman–Crippen MR) is 103 cm³/mol. The zero-order valence-electron chi connectivity index (χ0n) is 16.6. The van der Waals surface area contributed by atoms with E-state index in [1.807, 2.05) is 40.4 Å². The third-order valence-electron chi connectivity index (χ3n) is 3.22. The molecule has 0 bridgehead atoms. The van der Waals surface area contributed by atoms with Gasteiger partial charge in [-0.1, -0.05) is 0 Å². The van der Waals surface area contributed by atoms with E-state index in [-0.39, 0.29) is 24.6 Å². The van der Waals surface area contributed by atoms with Crippen LogP contribution in [-0.4, -0.2) is 39.9 Å². The molecule has 0 aliphatic rings. The number of carbonyl (C=O) groups is 2. The number of hydrogen-bond donors (Lipinski definition) is 0. The number of benzene rings is 1. The van der Waals surface area contributed by atoms with E-state index in [9.17, 15) is 9.59 Å². The fraction of sp³-hybridized carbons (Fsp3) is 0.579. The lowest BCUT2D eigenvalue weighted by molar-refractivity contribution is -0.135. The van der Waals surface area contributed by atoms with E-state index in [1.54, 1.807) is 12.1 Å². The molecule has 0 saturated carbocycles. The lowest BCUT2D eigenvalue weighted by Crippen LogP contribution is -2.29. The minimum absolute atomic E-state index is 0.0475. The molecule has 0 aliphatic carbocycles. The summed E-state index contributed by atoms with van der Waals surface area (Å²) in [6.45, 7) is 12.7. The monoisotopic (exact) mass is 382 g/mol. The zero-order chi connectivity index (χ0) is 19.7. The standard InChI is InChI=1S/C19H30O6Si/c1-7-22-16-13-18(24-9-3)17(23-8-2)12-14(16)15(20)10-11-19(21)25-26(4,5)6/h12-13H,7-11H2,1-6H3. The number of carbonyl (C=O) groups excluding carboxylic acids is 2. The number of Topliss-reactive ketones (excluding diaryl/α,β-unsaturated/α-hetero) is 1. The molecule has 1 aromatic rings. The molecule has 0 unspecified atom stereocenters. The Labute approximate surface area is 156 Å². The van der Waals surface area contributed by atoms with E-state index in [1.165, 1.54) is 0 Å². The van der Waals surface area contributed by atoms with Crippen molar-refractivity contribution < 1.29 is 28.2 Å². The van der Waals surface area contributed by atoms with E-state index in [2.05, 4.69) is 0 Å². The molecular formula is C19H30O6Si. The fourth-order valence-electron chi connectivity index (χ4n) is 2.31. The van der Waals surface area contributed by atoms with E-state index >= 15 is 0 Å². The molecular weight excluding hydrogens is 352 g/mol. The third kappa shape index (κ3) is 7.07. The summed E-state index contributed by atoms with van der Waals surface area (Å²) in [6.07, 6.45) is 0.106. The summed E-state index contributed by atoms with van der Waals surface area (Å²) in [5.41, 5.74) is 0.388. The Bertz CT molecular complexity index is 621. The van der Waals surface area contributed by atoms with Gasteiger partial charge in [0.05, 0.1) is 31.8 Å². The molecule has 0 aliphatic heterocycles. The maximum atomic E-state index is 12.7. The number of ether oxygens (including phenoxy) is 3. The quantitative estimate of drug-likeness (QED) is 0.421. The Morgan fingerprint density at radius 3 is 1.81 bits per heavy atom. The topological polar surface area (TPSA) is 71.1 Å². The van der Waals surface area contributed by atoms with Crippen LogP contribution in [0.15, 0.2) is 12.1 Å². The summed E-state index contributed by atoms with van der Waals surface area (Å²) in [5, 5.41) is 0. The Balaban J connectivity index is 3.01. The first-order valence-corrected chi connectivity index (χ1v) is 12.4. The highest BCUT2D eigenvalue weighted by molar-refractivity contribution is 6.71. The van der Waals surface area contributed by atoms with Crippen LogP contribution in [-0.2, 0) is 9.22 Å². The molecule has 0 amide bonds. The first-order valence-electron chi connectivity index (χ1n) is 9.03. The molecule has 0 atom stereocenters. The van der Waals surface area contributed by atoms with E-state index in [0.717, 1.165) is 0 Å². The van der Waals surface area contributed by atoms with Gasteiger partial charge < -0.3 is 18.6 Å². The molecule has 0 radical (unpaired) electrons. The average molecular weight is 383 g/mol. The van der Waals surface area contributed by atoms with Crippen molar-refractivity contribution in [3.05, 3.63) is 17.7 Å². The van der Waals surface area contributed by atoms with Gasteiger partial charge in [0.1, 0.15) is 5.75 Å². The molecule has 1 rings (SSSR count). The first kappa shape index (κ1) is 22.0. The van der Waals surface area contributed by atoms with Crippen molar-refractivity contribution in [2.24, 2.45) is 0 Å². The van der Waals surface area contributed by atoms with Gasteiger partial charge in [-0.15, -0.1) is 0 Å². The molecule has 26 heavy (non-hydrogen) atoms. The SMILES string of the molecule is CCOc1cc(OCC)c(C(=O)CCC(=O)O[Si](C)(C)C)cc1OCC. The van der Waals surface area contributed by atoms with Gasteiger partial charge in [-0.05, 0) is 46.5 Å². The van der Waals surface area contributed by atoms with Crippen molar-refractivity contribution in [2.75, 3.05) is 19.8 Å². The highest BCUT2D eigenvalue weighted by atomic mass is 28.4. The summed E-state index contributed by atoms with van der Waals surface area (Å²) in [5.74, 6) is 0.928. The van der Waals surface area contributed by atoms with Gasteiger partial charge in [0.25, 0.3) is 5.97 Å². The number of hydrogen-bond acceptors (Lipinski definition) is 6. The summed E-state index contributed by atoms with van der Waals surface area (Å²) in [4.78, 5) is 24.6. The van der Waals surface area contributed by atoms with Crippen molar-refractivity contribution in [1.82, 2.24) is 0 Å². The van der Waals surface area contributed by atoms with Crippen molar-refractivity contribution in [1.29, 1.82) is 0 Å². The Kier molecular flexibility index (Phi) is 8.64. The van der Waals surface area contributed by atoms with Crippen LogP contribution >= 0.6 is 0 Å². The predicted octanol–water partition coefficient (Wildman–Crippen LogP) is 4.22. The highest BCUT2D eigenvalue weighted by Gasteiger charge is 2.22. The molecule has 0 fully saturated rings. The average Bonchev–Trinajstić information content (AvgIpc) is 2.54. The maximum absolute atomic E-state index is 12.7. The van der Waals surface area contributed by atoms with Crippen LogP contribution in [0.5, 0.6) is 17.2 Å². The lowest BCUT2D eigenvalue weighted by Gasteiger charge is -2.18. The summed E-state index contributed by atoms with van der Waals surface area (Å²) >= 11 is 0. The molecule has 6 nitrogen and oxygen atoms in total. The Morgan fingerprint density at radius 2 is 1.31 bits per heavy atom. The van der Waals surface area contributed by atoms with Crippen molar-refractivity contribution in [3.63, 3.8) is 0 Å². The lowest BCUT2D eigenvalue weighted by atomic mass is 10.0. The van der Waals surface area contributed by atoms with E-state index in [0.29, 0.717) is 42.6 Å². The van der Waals surface area contributed by atoms with Gasteiger partial charge in [0, 0.05) is 12.5 Å². The molecule has 0 saturated heterocycles. The zero-order valence-corrected chi connectivity index (χ0v) is 17.6. The molecule has 7 heteroatoms. The first-order chi connectivity index (χ1) is 12.2. The molecule has 0 spiro atoms. The largest absolute Gasteiger partial charge is 0.520 e. The highest BCUT2D eigenvalue weighted by Crippen LogP contribution is 2.36. The normalized spacial score (nSPS) is 11.0. The molecule has 146 valence electrons. The minimum Gasteiger partial charge on any atom is -0.520 e. The van der Waals surface area contributed by atoms with E-state index < -0.39 is 8.32 Å². The van der Waals surface area contributed by atoms with Gasteiger partial charge >= 0.3 is 0 Å². The van der Waals surface area contributed by atoms with Gasteiger partial charge in [0.15, 0.2) is 17.3 Å². The molecule has 1 aromatic carbocycles. The summed E-state index contributed by atoms with van der Waals surface area (Å²) < 4.78 is 22.2.